The molecular weight excluding hydrogens is 392 g/mol. The standard InChI is InChI=1S/C20H22N4O4S/c25-19-11-13-12-28-10-9-17(13)22-24(19)15-7-5-14(6-8-15)21-20-16-3-1-2-4-18(16)29(26,27)23-20/h1-4,11,14-15H,5-10,12H2,(H,21,23). The highest BCUT2D eigenvalue weighted by Gasteiger charge is 2.32. The quantitative estimate of drug-likeness (QED) is 0.803. The number of aromatic nitrogens is 2. The van der Waals surface area contributed by atoms with E-state index in [1.54, 1.807) is 28.9 Å². The number of sulfonamides is 1. The predicted octanol–water partition coefficient (Wildman–Crippen LogP) is 1.54. The first-order valence-electron chi connectivity index (χ1n) is 9.91. The van der Waals surface area contributed by atoms with Gasteiger partial charge in [0, 0.05) is 23.6 Å². The van der Waals surface area contributed by atoms with Gasteiger partial charge in [0.1, 0.15) is 5.84 Å². The lowest BCUT2D eigenvalue weighted by atomic mass is 9.91. The van der Waals surface area contributed by atoms with E-state index in [9.17, 15) is 13.2 Å². The summed E-state index contributed by atoms with van der Waals surface area (Å²) in [6, 6.07) is 8.62. The van der Waals surface area contributed by atoms with Gasteiger partial charge in [-0.15, -0.1) is 0 Å². The van der Waals surface area contributed by atoms with Crippen LogP contribution in [0.1, 0.15) is 48.5 Å². The van der Waals surface area contributed by atoms with Crippen molar-refractivity contribution < 1.29 is 13.2 Å². The monoisotopic (exact) mass is 414 g/mol. The first-order valence-corrected chi connectivity index (χ1v) is 11.4. The lowest BCUT2D eigenvalue weighted by Crippen LogP contribution is -2.33. The van der Waals surface area contributed by atoms with Gasteiger partial charge in [-0.1, -0.05) is 12.1 Å². The van der Waals surface area contributed by atoms with Crippen molar-refractivity contribution in [1.29, 1.82) is 0 Å². The largest absolute Gasteiger partial charge is 0.376 e. The Morgan fingerprint density at radius 3 is 2.79 bits per heavy atom. The van der Waals surface area contributed by atoms with Crippen LogP contribution in [0.2, 0.25) is 0 Å². The zero-order valence-corrected chi connectivity index (χ0v) is 16.7. The van der Waals surface area contributed by atoms with Gasteiger partial charge in [0.2, 0.25) is 0 Å². The fraction of sp³-hybridized carbons (Fsp3) is 0.450. The summed E-state index contributed by atoms with van der Waals surface area (Å²) >= 11 is 0. The minimum atomic E-state index is -3.52. The summed E-state index contributed by atoms with van der Waals surface area (Å²) in [6.45, 7) is 1.10. The topological polar surface area (TPSA) is 103 Å². The summed E-state index contributed by atoms with van der Waals surface area (Å²) < 4.78 is 34.1. The van der Waals surface area contributed by atoms with Crippen molar-refractivity contribution in [1.82, 2.24) is 14.5 Å². The van der Waals surface area contributed by atoms with Crippen LogP contribution >= 0.6 is 0 Å². The van der Waals surface area contributed by atoms with Crippen LogP contribution in [0.5, 0.6) is 0 Å². The molecule has 0 saturated heterocycles. The molecule has 1 saturated carbocycles. The number of rotatable bonds is 2. The van der Waals surface area contributed by atoms with E-state index in [4.69, 9.17) is 9.73 Å². The summed E-state index contributed by atoms with van der Waals surface area (Å²) in [4.78, 5) is 17.5. The van der Waals surface area contributed by atoms with Gasteiger partial charge in [0.25, 0.3) is 15.6 Å². The minimum Gasteiger partial charge on any atom is -0.376 e. The van der Waals surface area contributed by atoms with E-state index in [1.165, 1.54) is 0 Å². The van der Waals surface area contributed by atoms with Crippen molar-refractivity contribution in [2.24, 2.45) is 4.99 Å². The molecule has 0 atom stereocenters. The highest BCUT2D eigenvalue weighted by Crippen LogP contribution is 2.31. The van der Waals surface area contributed by atoms with Crippen LogP contribution < -0.4 is 10.3 Å². The summed E-state index contributed by atoms with van der Waals surface area (Å²) in [6.07, 6.45) is 3.88. The molecule has 9 heteroatoms. The molecule has 1 aromatic heterocycles. The Kier molecular flexibility index (Phi) is 4.51. The number of nitrogens with zero attached hydrogens (tertiary/aromatic N) is 3. The van der Waals surface area contributed by atoms with E-state index in [0.717, 1.165) is 43.4 Å². The van der Waals surface area contributed by atoms with Crippen molar-refractivity contribution in [3.05, 3.63) is 57.5 Å². The number of benzene rings is 1. The van der Waals surface area contributed by atoms with E-state index in [1.807, 2.05) is 6.07 Å². The van der Waals surface area contributed by atoms with Crippen molar-refractivity contribution in [2.75, 3.05) is 6.61 Å². The molecule has 1 aromatic carbocycles. The molecule has 0 radical (unpaired) electrons. The molecular formula is C20H22N4O4S. The Balaban J connectivity index is 1.33. The average Bonchev–Trinajstić information content (AvgIpc) is 2.98. The van der Waals surface area contributed by atoms with Crippen LogP contribution in [0.15, 0.2) is 45.0 Å². The van der Waals surface area contributed by atoms with Gasteiger partial charge in [-0.3, -0.25) is 14.5 Å². The van der Waals surface area contributed by atoms with Gasteiger partial charge < -0.3 is 4.74 Å². The zero-order valence-electron chi connectivity index (χ0n) is 15.9. The number of hydrogen-bond acceptors (Lipinski definition) is 6. The van der Waals surface area contributed by atoms with Gasteiger partial charge in [-0.05, 0) is 37.8 Å². The number of ether oxygens (including phenoxy) is 1. The summed E-state index contributed by atoms with van der Waals surface area (Å²) in [5.74, 6) is 0.424. The molecule has 29 heavy (non-hydrogen) atoms. The predicted molar refractivity (Wildman–Crippen MR) is 106 cm³/mol. The van der Waals surface area contributed by atoms with Gasteiger partial charge in [-0.2, -0.15) is 5.10 Å². The number of aliphatic imine (C=N–C) groups is 1. The van der Waals surface area contributed by atoms with E-state index in [2.05, 4.69) is 9.82 Å². The highest BCUT2D eigenvalue weighted by atomic mass is 32.2. The third kappa shape index (κ3) is 3.38. The van der Waals surface area contributed by atoms with Gasteiger partial charge in [0.05, 0.1) is 35.9 Å². The lowest BCUT2D eigenvalue weighted by molar-refractivity contribution is 0.107. The van der Waals surface area contributed by atoms with Crippen LogP contribution in [0, 0.1) is 0 Å². The Bertz CT molecular complexity index is 1150. The number of fused-ring (bicyclic) bond motifs is 2. The van der Waals surface area contributed by atoms with Crippen LogP contribution in [-0.2, 0) is 27.8 Å². The van der Waals surface area contributed by atoms with Gasteiger partial charge >= 0.3 is 0 Å². The number of amidine groups is 1. The maximum Gasteiger partial charge on any atom is 0.267 e. The lowest BCUT2D eigenvalue weighted by Gasteiger charge is -2.28. The smallest absolute Gasteiger partial charge is 0.267 e. The SMILES string of the molecule is O=c1cc2c(nn1C1CCC(N=C3NS(=O)(=O)c4ccccc43)CC1)CCOC2. The van der Waals surface area contributed by atoms with Crippen molar-refractivity contribution in [2.45, 2.75) is 55.7 Å². The third-order valence-corrected chi connectivity index (χ3v) is 7.25. The average molecular weight is 414 g/mol. The molecule has 2 aromatic rings. The highest BCUT2D eigenvalue weighted by molar-refractivity contribution is 7.90. The Morgan fingerprint density at radius 1 is 1.17 bits per heavy atom. The van der Waals surface area contributed by atoms with E-state index >= 15 is 0 Å². The maximum absolute atomic E-state index is 12.5. The first-order chi connectivity index (χ1) is 14.0. The molecule has 1 N–H and O–H groups in total. The van der Waals surface area contributed by atoms with Crippen LogP contribution in [-0.4, -0.2) is 36.7 Å². The van der Waals surface area contributed by atoms with Crippen molar-refractivity contribution >= 4 is 15.9 Å². The van der Waals surface area contributed by atoms with Crippen molar-refractivity contribution in [3.63, 3.8) is 0 Å². The molecule has 2 aliphatic heterocycles. The van der Waals surface area contributed by atoms with Crippen LogP contribution in [0.25, 0.3) is 0 Å². The molecule has 8 nitrogen and oxygen atoms in total. The molecule has 5 rings (SSSR count). The summed E-state index contributed by atoms with van der Waals surface area (Å²) in [7, 11) is -3.52. The Hall–Kier alpha value is -2.52. The third-order valence-electron chi connectivity index (χ3n) is 5.85. The molecule has 0 unspecified atom stereocenters. The second-order valence-electron chi connectivity index (χ2n) is 7.74. The molecule has 152 valence electrons. The fourth-order valence-corrected chi connectivity index (χ4v) is 5.57. The van der Waals surface area contributed by atoms with Crippen molar-refractivity contribution in [3.8, 4) is 0 Å². The fourth-order valence-electron chi connectivity index (χ4n) is 4.33. The second-order valence-corrected chi connectivity index (χ2v) is 9.39. The molecule has 3 heterocycles. The van der Waals surface area contributed by atoms with Crippen LogP contribution in [0.3, 0.4) is 0 Å². The minimum absolute atomic E-state index is 0.0248. The van der Waals surface area contributed by atoms with E-state index in [0.29, 0.717) is 24.6 Å². The normalized spacial score (nSPS) is 26.6. The number of nitrogens with one attached hydrogen (secondary N) is 1. The maximum atomic E-state index is 12.5. The Morgan fingerprint density at radius 2 is 1.97 bits per heavy atom. The van der Waals surface area contributed by atoms with Crippen LogP contribution in [0.4, 0.5) is 0 Å². The number of hydrogen-bond donors (Lipinski definition) is 1. The molecule has 0 amide bonds. The van der Waals surface area contributed by atoms with Gasteiger partial charge in [0.15, 0.2) is 0 Å². The van der Waals surface area contributed by atoms with E-state index < -0.39 is 10.0 Å². The molecule has 1 aliphatic carbocycles. The summed E-state index contributed by atoms with van der Waals surface area (Å²) in [5.41, 5.74) is 2.39. The Labute approximate surface area is 168 Å². The molecule has 1 fully saturated rings. The molecule has 0 spiro atoms. The van der Waals surface area contributed by atoms with Gasteiger partial charge in [-0.25, -0.2) is 13.1 Å². The summed E-state index contributed by atoms with van der Waals surface area (Å²) in [5, 5.41) is 4.61. The molecule has 0 bridgehead atoms. The second kappa shape index (κ2) is 7.07. The van der Waals surface area contributed by atoms with E-state index in [-0.39, 0.29) is 22.5 Å². The zero-order chi connectivity index (χ0) is 20.0. The first kappa shape index (κ1) is 18.5. The molecule has 3 aliphatic rings.